The van der Waals surface area contributed by atoms with Gasteiger partial charge in [-0.15, -0.1) is 0 Å². The minimum atomic E-state index is 0.951. The average Bonchev–Trinajstić information content (AvgIpc) is 1.91. The average molecular weight is 156 g/mol. The smallest absolute Gasteiger partial charge is 0.0969 e. The van der Waals surface area contributed by atoms with Gasteiger partial charge in [0, 0.05) is 0 Å². The SMILES string of the molecule is C=CC[N+](C)(C)CC=C.CC. The second-order valence-electron chi connectivity index (χ2n) is 2.88. The standard InChI is InChI=1S/C8H16N.C2H6/c1-5-7-9(3,4)8-6-2;1-2/h5-6H,1-2,7-8H2,3-4H3;1-2H3/q+1;. The van der Waals surface area contributed by atoms with Gasteiger partial charge >= 0.3 is 0 Å². The molecule has 0 bridgehead atoms. The van der Waals surface area contributed by atoms with Crippen LogP contribution in [-0.2, 0) is 0 Å². The van der Waals surface area contributed by atoms with Gasteiger partial charge in [0.1, 0.15) is 0 Å². The van der Waals surface area contributed by atoms with Crippen molar-refractivity contribution >= 4 is 0 Å². The molecule has 0 saturated carbocycles. The Morgan fingerprint density at radius 2 is 1.27 bits per heavy atom. The predicted octanol–water partition coefficient (Wildman–Crippen LogP) is 2.46. The Balaban J connectivity index is 0. The van der Waals surface area contributed by atoms with Crippen LogP contribution < -0.4 is 0 Å². The molecule has 0 amide bonds. The van der Waals surface area contributed by atoms with Gasteiger partial charge in [0.25, 0.3) is 0 Å². The van der Waals surface area contributed by atoms with Crippen LogP contribution in [0.1, 0.15) is 13.8 Å². The molecule has 0 fully saturated rings. The number of rotatable bonds is 4. The Hall–Kier alpha value is -0.560. The summed E-state index contributed by atoms with van der Waals surface area (Å²) in [6.07, 6.45) is 3.87. The third kappa shape index (κ3) is 9.44. The number of likely N-dealkylation sites (N-methyl/N-ethyl adjacent to an activating group) is 1. The maximum atomic E-state index is 3.68. The molecule has 1 nitrogen and oxygen atoms in total. The molecule has 0 aliphatic rings. The zero-order valence-corrected chi connectivity index (χ0v) is 8.43. The van der Waals surface area contributed by atoms with E-state index in [4.69, 9.17) is 0 Å². The zero-order valence-electron chi connectivity index (χ0n) is 8.43. The Morgan fingerprint density at radius 3 is 1.45 bits per heavy atom. The molecule has 0 spiro atoms. The Morgan fingerprint density at radius 1 is 1.00 bits per heavy atom. The van der Waals surface area contributed by atoms with Crippen molar-refractivity contribution < 1.29 is 4.48 Å². The van der Waals surface area contributed by atoms with Crippen molar-refractivity contribution in [3.63, 3.8) is 0 Å². The molecular formula is C10H22N+. The molecule has 11 heavy (non-hydrogen) atoms. The second-order valence-corrected chi connectivity index (χ2v) is 2.88. The lowest BCUT2D eigenvalue weighted by Crippen LogP contribution is -2.39. The molecule has 0 heterocycles. The fourth-order valence-electron chi connectivity index (χ4n) is 0.774. The number of hydrogen-bond donors (Lipinski definition) is 0. The van der Waals surface area contributed by atoms with Crippen molar-refractivity contribution in [1.82, 2.24) is 0 Å². The quantitative estimate of drug-likeness (QED) is 0.433. The number of hydrogen-bond acceptors (Lipinski definition) is 0. The molecule has 0 N–H and O–H groups in total. The van der Waals surface area contributed by atoms with E-state index in [1.165, 1.54) is 0 Å². The van der Waals surface area contributed by atoms with Crippen molar-refractivity contribution in [3.8, 4) is 0 Å². The predicted molar refractivity (Wildman–Crippen MR) is 53.6 cm³/mol. The van der Waals surface area contributed by atoms with Gasteiger partial charge in [-0.05, 0) is 12.2 Å². The van der Waals surface area contributed by atoms with E-state index in [1.54, 1.807) is 0 Å². The van der Waals surface area contributed by atoms with Gasteiger partial charge in [0.05, 0.1) is 27.2 Å². The highest BCUT2D eigenvalue weighted by atomic mass is 15.3. The normalized spacial score (nSPS) is 9.45. The maximum Gasteiger partial charge on any atom is 0.0969 e. The monoisotopic (exact) mass is 156 g/mol. The van der Waals surface area contributed by atoms with E-state index >= 15 is 0 Å². The van der Waals surface area contributed by atoms with E-state index in [0.29, 0.717) is 0 Å². The number of nitrogens with zero attached hydrogens (tertiary/aromatic N) is 1. The highest BCUT2D eigenvalue weighted by Crippen LogP contribution is 1.95. The molecule has 0 aromatic rings. The van der Waals surface area contributed by atoms with Crippen LogP contribution in [0.3, 0.4) is 0 Å². The molecule has 0 atom stereocenters. The molecule has 66 valence electrons. The molecule has 1 heteroatoms. The Labute approximate surface area is 71.6 Å². The molecule has 0 saturated heterocycles. The van der Waals surface area contributed by atoms with E-state index in [0.717, 1.165) is 17.6 Å². The van der Waals surface area contributed by atoms with Gasteiger partial charge in [-0.1, -0.05) is 27.0 Å². The van der Waals surface area contributed by atoms with Gasteiger partial charge in [0.2, 0.25) is 0 Å². The van der Waals surface area contributed by atoms with E-state index in [2.05, 4.69) is 27.3 Å². The molecule has 0 unspecified atom stereocenters. The summed E-state index contributed by atoms with van der Waals surface area (Å²) in [5.41, 5.74) is 0. The summed E-state index contributed by atoms with van der Waals surface area (Å²) in [5.74, 6) is 0. The van der Waals surface area contributed by atoms with Gasteiger partial charge < -0.3 is 4.48 Å². The van der Waals surface area contributed by atoms with E-state index in [-0.39, 0.29) is 0 Å². The summed E-state index contributed by atoms with van der Waals surface area (Å²) in [6.45, 7) is 13.4. The fraction of sp³-hybridized carbons (Fsp3) is 0.600. The minimum absolute atomic E-state index is 0.951. The lowest BCUT2D eigenvalue weighted by Gasteiger charge is -2.26. The summed E-state index contributed by atoms with van der Waals surface area (Å²) < 4.78 is 0.951. The molecular weight excluding hydrogens is 134 g/mol. The first kappa shape index (κ1) is 13.1. The van der Waals surface area contributed by atoms with Crippen molar-refractivity contribution in [2.75, 3.05) is 27.2 Å². The number of quaternary nitrogens is 1. The van der Waals surface area contributed by atoms with Crippen molar-refractivity contribution in [1.29, 1.82) is 0 Å². The summed E-state index contributed by atoms with van der Waals surface area (Å²) in [6, 6.07) is 0. The van der Waals surface area contributed by atoms with Crippen LogP contribution in [0, 0.1) is 0 Å². The van der Waals surface area contributed by atoms with E-state index in [9.17, 15) is 0 Å². The van der Waals surface area contributed by atoms with Crippen LogP contribution >= 0.6 is 0 Å². The van der Waals surface area contributed by atoms with Gasteiger partial charge in [-0.2, -0.15) is 0 Å². The molecule has 0 aromatic carbocycles. The lowest BCUT2D eigenvalue weighted by atomic mass is 10.4. The van der Waals surface area contributed by atoms with Crippen LogP contribution in [-0.4, -0.2) is 31.7 Å². The van der Waals surface area contributed by atoms with Crippen LogP contribution in [0.25, 0.3) is 0 Å². The van der Waals surface area contributed by atoms with Gasteiger partial charge in [-0.3, -0.25) is 0 Å². The van der Waals surface area contributed by atoms with Crippen molar-refractivity contribution in [2.24, 2.45) is 0 Å². The van der Waals surface area contributed by atoms with Crippen LogP contribution in [0.15, 0.2) is 25.3 Å². The van der Waals surface area contributed by atoms with E-state index in [1.807, 2.05) is 26.0 Å². The zero-order chi connectivity index (χ0) is 9.33. The molecule has 0 aliphatic heterocycles. The first-order chi connectivity index (χ1) is 5.12. The topological polar surface area (TPSA) is 0 Å². The summed E-state index contributed by atoms with van der Waals surface area (Å²) in [5, 5.41) is 0. The second kappa shape index (κ2) is 7.55. The molecule has 0 radical (unpaired) electrons. The van der Waals surface area contributed by atoms with Crippen LogP contribution in [0.4, 0.5) is 0 Å². The maximum absolute atomic E-state index is 3.68. The lowest BCUT2D eigenvalue weighted by molar-refractivity contribution is -0.878. The first-order valence-corrected chi connectivity index (χ1v) is 4.16. The highest BCUT2D eigenvalue weighted by molar-refractivity contribution is 4.69. The van der Waals surface area contributed by atoms with Crippen LogP contribution in [0.5, 0.6) is 0 Å². The molecule has 0 aliphatic carbocycles. The Bertz CT molecular complexity index is 91.4. The van der Waals surface area contributed by atoms with Crippen LogP contribution in [0.2, 0.25) is 0 Å². The van der Waals surface area contributed by atoms with Gasteiger partial charge in [-0.25, -0.2) is 0 Å². The third-order valence-electron chi connectivity index (χ3n) is 1.25. The van der Waals surface area contributed by atoms with Crippen molar-refractivity contribution in [2.45, 2.75) is 13.8 Å². The van der Waals surface area contributed by atoms with E-state index < -0.39 is 0 Å². The largest absolute Gasteiger partial charge is 0.322 e. The minimum Gasteiger partial charge on any atom is -0.322 e. The summed E-state index contributed by atoms with van der Waals surface area (Å²) in [4.78, 5) is 0. The van der Waals surface area contributed by atoms with Gasteiger partial charge in [0.15, 0.2) is 0 Å². The summed E-state index contributed by atoms with van der Waals surface area (Å²) >= 11 is 0. The fourth-order valence-corrected chi connectivity index (χ4v) is 0.774. The Kier molecular flexibility index (Phi) is 8.96. The molecule has 0 rings (SSSR count). The summed E-state index contributed by atoms with van der Waals surface area (Å²) in [7, 11) is 4.31. The first-order valence-electron chi connectivity index (χ1n) is 4.16. The third-order valence-corrected chi connectivity index (χ3v) is 1.25. The molecule has 0 aromatic heterocycles. The van der Waals surface area contributed by atoms with Crippen molar-refractivity contribution in [3.05, 3.63) is 25.3 Å². The highest BCUT2D eigenvalue weighted by Gasteiger charge is 2.07.